The molecule has 1 unspecified atom stereocenters. The number of hydrogen-bond donors (Lipinski definition) is 5. The molecule has 0 saturated carbocycles. The fourth-order valence-electron chi connectivity index (χ4n) is 0.991. The highest BCUT2D eigenvalue weighted by Gasteiger charge is 2.16. The second kappa shape index (κ2) is 8.58. The molecule has 0 aromatic heterocycles. The summed E-state index contributed by atoms with van der Waals surface area (Å²) in [6.45, 7) is -1.16. The van der Waals surface area contributed by atoms with Crippen molar-refractivity contribution in [3.8, 4) is 0 Å². The van der Waals surface area contributed by atoms with Gasteiger partial charge in [0.05, 0.1) is 0 Å². The highest BCUT2D eigenvalue weighted by atomic mass is 16.7. The van der Waals surface area contributed by atoms with Crippen LogP contribution >= 0.6 is 0 Å². The van der Waals surface area contributed by atoms with Crippen LogP contribution in [0.2, 0.25) is 0 Å². The summed E-state index contributed by atoms with van der Waals surface area (Å²) in [7, 11) is 2.81. The summed E-state index contributed by atoms with van der Waals surface area (Å²) in [5.41, 5.74) is 10.2. The van der Waals surface area contributed by atoms with E-state index in [0.717, 1.165) is 9.80 Å². The molecule has 120 valence electrons. The average molecular weight is 304 g/mol. The Balaban J connectivity index is 4.02. The van der Waals surface area contributed by atoms with Crippen molar-refractivity contribution < 1.29 is 24.2 Å². The van der Waals surface area contributed by atoms with Crippen molar-refractivity contribution in [2.75, 3.05) is 33.8 Å². The van der Waals surface area contributed by atoms with E-state index in [1.165, 1.54) is 14.1 Å². The summed E-state index contributed by atoms with van der Waals surface area (Å²) in [5.74, 6) is -2.23. The predicted molar refractivity (Wildman–Crippen MR) is 72.1 cm³/mol. The zero-order valence-electron chi connectivity index (χ0n) is 11.8. The Bertz CT molecular complexity index is 415. The summed E-state index contributed by atoms with van der Waals surface area (Å²) in [6.07, 6.45) is -1.63. The van der Waals surface area contributed by atoms with Crippen LogP contribution in [0, 0.1) is 10.8 Å². The van der Waals surface area contributed by atoms with Crippen molar-refractivity contribution in [3.63, 3.8) is 0 Å². The molecular formula is C10H20N6O5. The Labute approximate surface area is 121 Å². The predicted octanol–water partition coefficient (Wildman–Crippen LogP) is -2.96. The van der Waals surface area contributed by atoms with E-state index in [0.29, 0.717) is 0 Å². The second-order valence-corrected chi connectivity index (χ2v) is 4.11. The molecule has 11 heteroatoms. The van der Waals surface area contributed by atoms with Gasteiger partial charge >= 0.3 is 11.9 Å². The summed E-state index contributed by atoms with van der Waals surface area (Å²) < 4.78 is 9.18. The number of esters is 2. The maximum atomic E-state index is 11.3. The molecule has 21 heavy (non-hydrogen) atoms. The van der Waals surface area contributed by atoms with Crippen molar-refractivity contribution in [1.29, 1.82) is 10.8 Å². The van der Waals surface area contributed by atoms with Crippen LogP contribution in [0.25, 0.3) is 0 Å². The summed E-state index contributed by atoms with van der Waals surface area (Å²) >= 11 is 0. The SMILES string of the molecule is CN(CC(=O)OCC(O)OC(=O)CN(C)C(=N)N)C(=N)N. The Hall–Kier alpha value is -2.56. The molecule has 11 nitrogen and oxygen atoms in total. The van der Waals surface area contributed by atoms with Gasteiger partial charge in [-0.15, -0.1) is 0 Å². The highest BCUT2D eigenvalue weighted by molar-refractivity contribution is 5.81. The van der Waals surface area contributed by atoms with Gasteiger partial charge in [-0.3, -0.25) is 20.4 Å². The van der Waals surface area contributed by atoms with E-state index in [2.05, 4.69) is 9.47 Å². The van der Waals surface area contributed by atoms with Crippen LogP contribution in [0.4, 0.5) is 0 Å². The number of carbonyl (C=O) groups is 2. The van der Waals surface area contributed by atoms with E-state index < -0.39 is 24.8 Å². The van der Waals surface area contributed by atoms with Crippen LogP contribution < -0.4 is 11.5 Å². The number of nitrogens with two attached hydrogens (primary N) is 2. The number of aliphatic hydroxyl groups excluding tert-OH is 1. The number of nitrogens with zero attached hydrogens (tertiary/aromatic N) is 2. The first-order chi connectivity index (χ1) is 9.63. The molecular weight excluding hydrogens is 284 g/mol. The van der Waals surface area contributed by atoms with Gasteiger partial charge in [-0.1, -0.05) is 0 Å². The molecule has 0 amide bonds. The van der Waals surface area contributed by atoms with Gasteiger partial charge in [-0.05, 0) is 0 Å². The average Bonchev–Trinajstić information content (AvgIpc) is 2.35. The molecule has 0 bridgehead atoms. The molecule has 0 fully saturated rings. The fourth-order valence-corrected chi connectivity index (χ4v) is 0.991. The molecule has 0 aliphatic carbocycles. The number of ether oxygens (including phenoxy) is 2. The third kappa shape index (κ3) is 8.26. The van der Waals surface area contributed by atoms with Crippen LogP contribution in [0.15, 0.2) is 0 Å². The minimum Gasteiger partial charge on any atom is -0.458 e. The number of nitrogens with one attached hydrogen (secondary N) is 2. The van der Waals surface area contributed by atoms with E-state index in [-0.39, 0.29) is 25.0 Å². The first-order valence-electron chi connectivity index (χ1n) is 5.77. The third-order valence-corrected chi connectivity index (χ3v) is 2.21. The molecule has 0 rings (SSSR count). The Morgan fingerprint density at radius 1 is 1.10 bits per heavy atom. The van der Waals surface area contributed by atoms with E-state index in [4.69, 9.17) is 22.3 Å². The van der Waals surface area contributed by atoms with Crippen molar-refractivity contribution in [1.82, 2.24) is 9.80 Å². The smallest absolute Gasteiger partial charge is 0.328 e. The topological polar surface area (TPSA) is 179 Å². The fraction of sp³-hybridized carbons (Fsp3) is 0.600. The lowest BCUT2D eigenvalue weighted by atomic mass is 10.5. The number of carbonyl (C=O) groups excluding carboxylic acids is 2. The van der Waals surface area contributed by atoms with E-state index >= 15 is 0 Å². The molecule has 0 heterocycles. The number of likely N-dealkylation sites (N-methyl/N-ethyl adjacent to an activating group) is 2. The quantitative estimate of drug-likeness (QED) is 0.142. The first-order valence-corrected chi connectivity index (χ1v) is 5.77. The molecule has 0 saturated heterocycles. The summed E-state index contributed by atoms with van der Waals surface area (Å²) in [4.78, 5) is 24.8. The summed E-state index contributed by atoms with van der Waals surface area (Å²) in [5, 5.41) is 23.5. The Morgan fingerprint density at radius 2 is 1.52 bits per heavy atom. The Kier molecular flexibility index (Phi) is 7.53. The van der Waals surface area contributed by atoms with Gasteiger partial charge in [0.15, 0.2) is 18.5 Å². The molecule has 0 aromatic carbocycles. The van der Waals surface area contributed by atoms with Gasteiger partial charge in [-0.2, -0.15) is 0 Å². The van der Waals surface area contributed by atoms with Crippen LogP contribution in [-0.2, 0) is 19.1 Å². The van der Waals surface area contributed by atoms with E-state index in [1.54, 1.807) is 0 Å². The van der Waals surface area contributed by atoms with Crippen molar-refractivity contribution in [2.45, 2.75) is 6.29 Å². The van der Waals surface area contributed by atoms with E-state index in [9.17, 15) is 14.7 Å². The highest BCUT2D eigenvalue weighted by Crippen LogP contribution is 1.94. The lowest BCUT2D eigenvalue weighted by Gasteiger charge is -2.18. The van der Waals surface area contributed by atoms with Crippen LogP contribution in [-0.4, -0.2) is 78.8 Å². The molecule has 0 aliphatic heterocycles. The number of rotatable bonds is 7. The molecule has 1 atom stereocenters. The van der Waals surface area contributed by atoms with Crippen LogP contribution in [0.5, 0.6) is 0 Å². The lowest BCUT2D eigenvalue weighted by Crippen LogP contribution is -2.40. The zero-order chi connectivity index (χ0) is 16.6. The first kappa shape index (κ1) is 18.4. The van der Waals surface area contributed by atoms with Gasteiger partial charge < -0.3 is 35.8 Å². The normalized spacial score (nSPS) is 11.2. The molecule has 7 N–H and O–H groups in total. The maximum absolute atomic E-state index is 11.3. The molecule has 0 aliphatic rings. The standard InChI is InChI=1S/C10H20N6O5/c1-15(9(11)12)3-6(17)20-5-8(19)21-7(18)4-16(2)10(13)14/h8,19H,3-5H2,1-2H3,(H3,11,12)(H3,13,14). The minimum atomic E-state index is -1.63. The number of guanidine groups is 2. The minimum absolute atomic E-state index is 0.275. The molecule has 0 spiro atoms. The Morgan fingerprint density at radius 3 is 1.95 bits per heavy atom. The van der Waals surface area contributed by atoms with Crippen LogP contribution in [0.1, 0.15) is 0 Å². The number of hydrogen-bond acceptors (Lipinski definition) is 7. The second-order valence-electron chi connectivity index (χ2n) is 4.11. The van der Waals surface area contributed by atoms with Gasteiger partial charge in [0.2, 0.25) is 6.29 Å². The molecule has 0 aromatic rings. The maximum Gasteiger partial charge on any atom is 0.328 e. The largest absolute Gasteiger partial charge is 0.458 e. The van der Waals surface area contributed by atoms with E-state index in [1.807, 2.05) is 0 Å². The van der Waals surface area contributed by atoms with Crippen LogP contribution in [0.3, 0.4) is 0 Å². The van der Waals surface area contributed by atoms with Gasteiger partial charge in [0.25, 0.3) is 0 Å². The van der Waals surface area contributed by atoms with Gasteiger partial charge in [0, 0.05) is 14.1 Å². The van der Waals surface area contributed by atoms with Gasteiger partial charge in [-0.25, -0.2) is 0 Å². The third-order valence-electron chi connectivity index (χ3n) is 2.21. The monoisotopic (exact) mass is 304 g/mol. The summed E-state index contributed by atoms with van der Waals surface area (Å²) in [6, 6.07) is 0. The van der Waals surface area contributed by atoms with Crippen molar-refractivity contribution in [2.24, 2.45) is 11.5 Å². The van der Waals surface area contributed by atoms with Gasteiger partial charge in [0.1, 0.15) is 13.1 Å². The number of aliphatic hydroxyl groups is 1. The lowest BCUT2D eigenvalue weighted by molar-refractivity contribution is -0.182. The van der Waals surface area contributed by atoms with Crippen molar-refractivity contribution in [3.05, 3.63) is 0 Å². The zero-order valence-corrected chi connectivity index (χ0v) is 11.8. The van der Waals surface area contributed by atoms with Crippen molar-refractivity contribution >= 4 is 23.9 Å². The molecule has 0 radical (unpaired) electrons.